The van der Waals surface area contributed by atoms with Crippen LogP contribution in [0.25, 0.3) is 16.5 Å². The van der Waals surface area contributed by atoms with Crippen LogP contribution in [0.1, 0.15) is 30.0 Å². The smallest absolute Gasteiger partial charge is 0.279 e. The molecule has 0 radical (unpaired) electrons. The molecule has 5 aromatic rings. The van der Waals surface area contributed by atoms with Crippen LogP contribution in [-0.2, 0) is 33.0 Å². The van der Waals surface area contributed by atoms with Gasteiger partial charge in [0.25, 0.3) is 17.2 Å². The molecular weight excluding hydrogens is 710 g/mol. The number of hydrogen-bond acceptors (Lipinski definition) is 8. The van der Waals surface area contributed by atoms with Crippen LogP contribution in [0, 0.1) is 16.0 Å². The number of halogens is 1. The number of rotatable bonds is 11. The first-order valence-electron chi connectivity index (χ1n) is 17.8. The summed E-state index contributed by atoms with van der Waals surface area (Å²) < 4.78 is 24.5. The van der Waals surface area contributed by atoms with Crippen molar-refractivity contribution in [3.8, 4) is 5.69 Å². The highest BCUT2D eigenvalue weighted by atomic mass is 28.4. The second-order valence-electron chi connectivity index (χ2n) is 14.5. The fourth-order valence-corrected chi connectivity index (χ4v) is 10.8. The van der Waals surface area contributed by atoms with Crippen molar-refractivity contribution in [2.75, 3.05) is 18.1 Å². The highest BCUT2D eigenvalue weighted by Crippen LogP contribution is 2.60. The van der Waals surface area contributed by atoms with Crippen molar-refractivity contribution in [2.24, 2.45) is 5.92 Å². The first-order valence-corrected chi connectivity index (χ1v) is 20.8. The maximum Gasteiger partial charge on any atom is 0.279 e. The zero-order chi connectivity index (χ0) is 38.4. The average Bonchev–Trinajstić information content (AvgIpc) is 3.57. The van der Waals surface area contributed by atoms with Crippen molar-refractivity contribution >= 4 is 42.4 Å². The number of carbonyl (C=O) groups excluding carboxylic acids is 2. The monoisotopic (exact) mass is 749 g/mol. The topological polar surface area (TPSA) is 148 Å². The van der Waals surface area contributed by atoms with E-state index in [0.29, 0.717) is 27.7 Å². The third-order valence-electron chi connectivity index (χ3n) is 10.7. The fourth-order valence-electron chi connectivity index (χ4n) is 8.27. The predicted octanol–water partition coefficient (Wildman–Crippen LogP) is 6.03. The summed E-state index contributed by atoms with van der Waals surface area (Å²) in [4.78, 5) is 56.7. The number of amides is 2. The Morgan fingerprint density at radius 3 is 2.46 bits per heavy atom. The number of ether oxygens (including phenoxy) is 1. The van der Waals surface area contributed by atoms with Crippen LogP contribution in [-0.4, -0.2) is 64.2 Å². The van der Waals surface area contributed by atoms with Crippen LogP contribution in [0.2, 0.25) is 18.6 Å². The molecule has 1 fully saturated rings. The minimum absolute atomic E-state index is 0.00368. The lowest BCUT2D eigenvalue weighted by Crippen LogP contribution is -2.45. The van der Waals surface area contributed by atoms with Gasteiger partial charge in [-0.25, -0.2) is 0 Å². The molecular formula is C40H40FN5O7Si. The molecule has 3 heterocycles. The number of aliphatic hydroxyl groups is 1. The quantitative estimate of drug-likeness (QED) is 0.0746. The Morgan fingerprint density at radius 2 is 1.74 bits per heavy atom. The number of aliphatic hydroxyl groups excluding tert-OH is 1. The van der Waals surface area contributed by atoms with Crippen LogP contribution in [0.5, 0.6) is 0 Å². The minimum Gasteiger partial charge on any atom is -0.395 e. The molecule has 2 aliphatic rings. The molecule has 0 bridgehead atoms. The first kappa shape index (κ1) is 36.8. The van der Waals surface area contributed by atoms with E-state index >= 15 is 4.11 Å². The van der Waals surface area contributed by atoms with Crippen molar-refractivity contribution in [1.29, 1.82) is 0 Å². The Kier molecular flexibility index (Phi) is 9.77. The Hall–Kier alpha value is -5.57. The standard InChI is InChI=1S/C40H40FN5O7Si/c1-26-37(54(2,3)41)35(22-36(48)43(18-19-47)24-27-10-5-4-6-11-27)53-40(26)33-21-31(46(51)52)16-17-34(33)44(39(40)50)25-28-12-9-14-30(20-28)45-38(49)32-15-8-7-13-29(32)23-42-45/h4-17,20-21,23,26,35,37,47H,18-19,22,24-25H2,1-3H3/t26-,35+,37-,40+/m0/s1. The molecule has 1 aromatic heterocycles. The molecule has 4 atom stereocenters. The SMILES string of the molecule is C[C@H]1[C@H]([Si](C)(C)F)[C@@H](CC(=O)N(CCO)Cc2ccccc2)O[C@]12C(=O)N(Cc1cccc(-n3ncc4ccccc4c3=O)c1)c1ccc([N+](=O)[O-])cc12. The molecule has 54 heavy (non-hydrogen) atoms. The van der Waals surface area contributed by atoms with Gasteiger partial charge in [-0.2, -0.15) is 9.78 Å². The lowest BCUT2D eigenvalue weighted by atomic mass is 9.82. The van der Waals surface area contributed by atoms with Gasteiger partial charge in [0, 0.05) is 47.6 Å². The van der Waals surface area contributed by atoms with Crippen molar-refractivity contribution in [3.63, 3.8) is 0 Å². The number of aromatic nitrogens is 2. The van der Waals surface area contributed by atoms with E-state index in [1.165, 1.54) is 45.8 Å². The van der Waals surface area contributed by atoms with Gasteiger partial charge >= 0.3 is 0 Å². The van der Waals surface area contributed by atoms with Crippen LogP contribution < -0.4 is 10.5 Å². The summed E-state index contributed by atoms with van der Waals surface area (Å²) in [7, 11) is -3.68. The number of benzene rings is 4. The molecule has 2 amide bonds. The largest absolute Gasteiger partial charge is 0.395 e. The molecule has 1 N–H and O–H groups in total. The number of carbonyl (C=O) groups is 2. The summed E-state index contributed by atoms with van der Waals surface area (Å²) in [6.07, 6.45) is 0.329. The van der Waals surface area contributed by atoms with Crippen LogP contribution >= 0.6 is 0 Å². The molecule has 14 heteroatoms. The zero-order valence-corrected chi connectivity index (χ0v) is 31.1. The molecule has 0 saturated carbocycles. The summed E-state index contributed by atoms with van der Waals surface area (Å²) in [5.41, 5.74) is -0.634. The van der Waals surface area contributed by atoms with Gasteiger partial charge in [-0.1, -0.05) is 67.6 Å². The van der Waals surface area contributed by atoms with Gasteiger partial charge < -0.3 is 23.8 Å². The second kappa shape index (κ2) is 14.3. The fraction of sp³-hybridized carbons (Fsp3) is 0.300. The van der Waals surface area contributed by atoms with Gasteiger partial charge in [0.05, 0.1) is 53.6 Å². The molecule has 0 unspecified atom stereocenters. The molecule has 278 valence electrons. The van der Waals surface area contributed by atoms with Gasteiger partial charge in [-0.15, -0.1) is 0 Å². The van der Waals surface area contributed by atoms with Gasteiger partial charge in [0.1, 0.15) is 0 Å². The Balaban J connectivity index is 1.25. The first-order chi connectivity index (χ1) is 25.8. The molecule has 4 aromatic carbocycles. The summed E-state index contributed by atoms with van der Waals surface area (Å²) in [6.45, 7) is 4.74. The van der Waals surface area contributed by atoms with Crippen LogP contribution in [0.4, 0.5) is 15.5 Å². The third kappa shape index (κ3) is 6.50. The highest BCUT2D eigenvalue weighted by Gasteiger charge is 2.67. The number of non-ortho nitro benzene ring substituents is 1. The van der Waals surface area contributed by atoms with Crippen molar-refractivity contribution < 1.29 is 28.5 Å². The summed E-state index contributed by atoms with van der Waals surface area (Å²) in [5, 5.41) is 27.4. The van der Waals surface area contributed by atoms with Gasteiger partial charge in [-0.3, -0.25) is 24.5 Å². The van der Waals surface area contributed by atoms with E-state index in [9.17, 15) is 29.6 Å². The summed E-state index contributed by atoms with van der Waals surface area (Å²) >= 11 is 0. The molecule has 2 aliphatic heterocycles. The molecule has 7 rings (SSSR count). The Morgan fingerprint density at radius 1 is 1.02 bits per heavy atom. The molecule has 1 saturated heterocycles. The van der Waals surface area contributed by atoms with E-state index < -0.39 is 42.4 Å². The van der Waals surface area contributed by atoms with Crippen molar-refractivity contribution in [1.82, 2.24) is 14.7 Å². The maximum absolute atomic E-state index is 16.5. The summed E-state index contributed by atoms with van der Waals surface area (Å²) in [6, 6.07) is 27.6. The van der Waals surface area contributed by atoms with E-state index in [0.717, 1.165) is 5.56 Å². The zero-order valence-electron chi connectivity index (χ0n) is 30.1. The lowest BCUT2D eigenvalue weighted by Gasteiger charge is -2.31. The van der Waals surface area contributed by atoms with Crippen molar-refractivity contribution in [3.05, 3.63) is 140 Å². The number of anilines is 1. The van der Waals surface area contributed by atoms with Crippen LogP contribution in [0.15, 0.2) is 108 Å². The van der Waals surface area contributed by atoms with E-state index in [2.05, 4.69) is 5.10 Å². The average molecular weight is 750 g/mol. The van der Waals surface area contributed by atoms with Gasteiger partial charge in [-0.05, 0) is 48.5 Å². The van der Waals surface area contributed by atoms with E-state index in [1.54, 1.807) is 55.6 Å². The number of nitrogens with zero attached hydrogens (tertiary/aromatic N) is 5. The predicted molar refractivity (Wildman–Crippen MR) is 203 cm³/mol. The maximum atomic E-state index is 16.5. The third-order valence-corrected chi connectivity index (χ3v) is 13.1. The van der Waals surface area contributed by atoms with Crippen molar-refractivity contribution in [2.45, 2.75) is 56.8 Å². The van der Waals surface area contributed by atoms with E-state index in [-0.39, 0.29) is 55.4 Å². The molecule has 12 nitrogen and oxygen atoms in total. The van der Waals surface area contributed by atoms with E-state index in [1.807, 2.05) is 36.4 Å². The Labute approximate surface area is 311 Å². The van der Waals surface area contributed by atoms with Gasteiger partial charge in [0.2, 0.25) is 14.3 Å². The molecule has 1 spiro atoms. The minimum atomic E-state index is -3.68. The lowest BCUT2D eigenvalue weighted by molar-refractivity contribution is -0.385. The summed E-state index contributed by atoms with van der Waals surface area (Å²) in [5.74, 6) is -1.69. The Bertz CT molecular complexity index is 2320. The number of hydrogen-bond donors (Lipinski definition) is 1. The normalized spacial score (nSPS) is 20.8. The number of nitro benzene ring substituents is 1. The van der Waals surface area contributed by atoms with Crippen LogP contribution in [0.3, 0.4) is 0 Å². The van der Waals surface area contributed by atoms with E-state index in [4.69, 9.17) is 4.74 Å². The van der Waals surface area contributed by atoms with Gasteiger partial charge in [0.15, 0.2) is 5.60 Å². The molecule has 0 aliphatic carbocycles. The number of nitro groups is 1. The second-order valence-corrected chi connectivity index (χ2v) is 18.3. The number of fused-ring (bicyclic) bond motifs is 3. The highest BCUT2D eigenvalue weighted by molar-refractivity contribution is 6.72.